The van der Waals surface area contributed by atoms with Gasteiger partial charge in [0.2, 0.25) is 0 Å². The van der Waals surface area contributed by atoms with Crippen LogP contribution in [-0.4, -0.2) is 48.4 Å². The number of ether oxygens (including phenoxy) is 3. The molecule has 0 aromatic rings. The van der Waals surface area contributed by atoms with Crippen LogP contribution in [-0.2, 0) is 28.6 Å². The largest absolute Gasteiger partial charge is 0.461 e. The summed E-state index contributed by atoms with van der Waals surface area (Å²) in [5, 5.41) is 9.62. The number of carbonyl (C=O) groups excluding carboxylic acids is 3. The smallest absolute Gasteiger partial charge is 0.334 e. The normalized spacial score (nSPS) is 28.8. The Morgan fingerprint density at radius 1 is 1.32 bits per heavy atom. The average molecular weight is 390 g/mol. The third kappa shape index (κ3) is 5.42. The highest BCUT2D eigenvalue weighted by atomic mass is 16.6. The number of hydrogen-bond donors (Lipinski definition) is 1. The van der Waals surface area contributed by atoms with Crippen LogP contribution in [0.2, 0.25) is 0 Å². The Hall–Kier alpha value is -2.67. The van der Waals surface area contributed by atoms with Gasteiger partial charge < -0.3 is 19.3 Å². The molecular formula is C21H26O7. The molecule has 7 nitrogen and oxygen atoms in total. The summed E-state index contributed by atoms with van der Waals surface area (Å²) < 4.78 is 16.1. The molecule has 3 atom stereocenters. The highest BCUT2D eigenvalue weighted by Crippen LogP contribution is 2.36. The Labute approximate surface area is 164 Å². The highest BCUT2D eigenvalue weighted by molar-refractivity contribution is 5.91. The van der Waals surface area contributed by atoms with Gasteiger partial charge in [0, 0.05) is 24.5 Å². The second kappa shape index (κ2) is 9.50. The lowest BCUT2D eigenvalue weighted by Gasteiger charge is -2.27. The molecule has 1 aliphatic heterocycles. The minimum absolute atomic E-state index is 0.0142. The lowest BCUT2D eigenvalue weighted by atomic mass is 9.85. The van der Waals surface area contributed by atoms with E-state index in [9.17, 15) is 19.5 Å². The van der Waals surface area contributed by atoms with E-state index < -0.39 is 36.0 Å². The molecule has 0 amide bonds. The summed E-state index contributed by atoms with van der Waals surface area (Å²) in [5.74, 6) is -2.16. The van der Waals surface area contributed by atoms with Gasteiger partial charge in [0.05, 0.1) is 12.5 Å². The molecule has 7 heteroatoms. The van der Waals surface area contributed by atoms with E-state index in [1.54, 1.807) is 13.0 Å². The fourth-order valence-corrected chi connectivity index (χ4v) is 3.29. The summed E-state index contributed by atoms with van der Waals surface area (Å²) in [7, 11) is 0. The predicted octanol–water partition coefficient (Wildman–Crippen LogP) is 2.16. The maximum atomic E-state index is 12.1. The predicted molar refractivity (Wildman–Crippen MR) is 101 cm³/mol. The molecule has 0 aromatic carbocycles. The molecule has 1 saturated heterocycles. The van der Waals surface area contributed by atoms with Crippen LogP contribution in [0.5, 0.6) is 0 Å². The van der Waals surface area contributed by atoms with Gasteiger partial charge in [0.1, 0.15) is 18.8 Å². The summed E-state index contributed by atoms with van der Waals surface area (Å²) >= 11 is 0. The molecule has 0 aromatic heterocycles. The number of hydrogen-bond acceptors (Lipinski definition) is 7. The Morgan fingerprint density at radius 2 is 2.04 bits per heavy atom. The van der Waals surface area contributed by atoms with Crippen LogP contribution >= 0.6 is 0 Å². The maximum Gasteiger partial charge on any atom is 0.334 e. The van der Waals surface area contributed by atoms with Gasteiger partial charge >= 0.3 is 17.9 Å². The van der Waals surface area contributed by atoms with Crippen LogP contribution in [0.15, 0.2) is 47.6 Å². The first-order valence-electron chi connectivity index (χ1n) is 9.10. The van der Waals surface area contributed by atoms with E-state index in [0.29, 0.717) is 18.4 Å². The van der Waals surface area contributed by atoms with Crippen molar-refractivity contribution in [2.75, 3.05) is 13.2 Å². The topological polar surface area (TPSA) is 99.1 Å². The number of aliphatic hydroxyl groups excluding tert-OH is 1. The molecule has 152 valence electrons. The molecule has 1 fully saturated rings. The molecular weight excluding hydrogens is 364 g/mol. The summed E-state index contributed by atoms with van der Waals surface area (Å²) in [5.41, 5.74) is 1.94. The lowest BCUT2D eigenvalue weighted by molar-refractivity contribution is -0.149. The fourth-order valence-electron chi connectivity index (χ4n) is 3.29. The van der Waals surface area contributed by atoms with Crippen LogP contribution in [0.1, 0.15) is 33.1 Å². The van der Waals surface area contributed by atoms with Crippen molar-refractivity contribution in [1.82, 2.24) is 0 Å². The van der Waals surface area contributed by atoms with E-state index in [2.05, 4.69) is 13.2 Å². The van der Waals surface area contributed by atoms with E-state index in [1.165, 1.54) is 6.92 Å². The van der Waals surface area contributed by atoms with Crippen LogP contribution in [0.4, 0.5) is 0 Å². The molecule has 0 radical (unpaired) electrons. The quantitative estimate of drug-likeness (QED) is 0.332. The van der Waals surface area contributed by atoms with Crippen molar-refractivity contribution in [3.8, 4) is 0 Å². The monoisotopic (exact) mass is 390 g/mol. The molecule has 28 heavy (non-hydrogen) atoms. The molecule has 0 saturated carbocycles. The molecule has 0 bridgehead atoms. The number of aliphatic hydroxyl groups is 1. The van der Waals surface area contributed by atoms with Gasteiger partial charge in [0.25, 0.3) is 0 Å². The van der Waals surface area contributed by atoms with Crippen molar-refractivity contribution >= 4 is 17.9 Å². The van der Waals surface area contributed by atoms with Crippen molar-refractivity contribution < 1.29 is 33.7 Å². The van der Waals surface area contributed by atoms with Crippen molar-refractivity contribution in [3.63, 3.8) is 0 Å². The van der Waals surface area contributed by atoms with E-state index in [1.807, 2.05) is 6.08 Å². The van der Waals surface area contributed by atoms with Crippen molar-refractivity contribution in [1.29, 1.82) is 0 Å². The minimum atomic E-state index is -0.717. The van der Waals surface area contributed by atoms with Crippen LogP contribution < -0.4 is 0 Å². The van der Waals surface area contributed by atoms with Gasteiger partial charge in [-0.25, -0.2) is 9.59 Å². The number of esters is 3. The zero-order valence-corrected chi connectivity index (χ0v) is 16.2. The van der Waals surface area contributed by atoms with Crippen LogP contribution in [0.25, 0.3) is 0 Å². The van der Waals surface area contributed by atoms with Gasteiger partial charge in [-0.05, 0) is 37.0 Å². The van der Waals surface area contributed by atoms with Gasteiger partial charge in [-0.15, -0.1) is 0 Å². The van der Waals surface area contributed by atoms with E-state index >= 15 is 0 Å². The number of rotatable bonds is 5. The summed E-state index contributed by atoms with van der Waals surface area (Å²) in [6.07, 6.45) is 3.62. The third-order valence-electron chi connectivity index (χ3n) is 4.68. The second-order valence-corrected chi connectivity index (χ2v) is 7.01. The van der Waals surface area contributed by atoms with E-state index in [-0.39, 0.29) is 30.8 Å². The Balaban J connectivity index is 2.35. The summed E-state index contributed by atoms with van der Waals surface area (Å²) in [6.45, 7) is 10.0. The summed E-state index contributed by atoms with van der Waals surface area (Å²) in [4.78, 5) is 35.5. The standard InChI is InChI=1S/C21H26O7/c1-12(2)20(24)26-11-16-7-5-6-15(10-22)8-18-19(13(3)21(25)28-18)17(9-16)27-14(4)23/h7-8,17-19,22H,1,3,5-6,9-11H2,2,4H3/b15-8+,16-7-/t17-,18+,19-/m1/s1. The third-order valence-corrected chi connectivity index (χ3v) is 4.68. The van der Waals surface area contributed by atoms with Gasteiger partial charge in [-0.1, -0.05) is 19.2 Å². The summed E-state index contributed by atoms with van der Waals surface area (Å²) in [6, 6.07) is 0. The van der Waals surface area contributed by atoms with Gasteiger partial charge in [0.15, 0.2) is 0 Å². The molecule has 1 N–H and O–H groups in total. The fraction of sp³-hybridized carbons (Fsp3) is 0.476. The zero-order valence-electron chi connectivity index (χ0n) is 16.2. The highest BCUT2D eigenvalue weighted by Gasteiger charge is 2.44. The van der Waals surface area contributed by atoms with Crippen LogP contribution in [0.3, 0.4) is 0 Å². The Kier molecular flexibility index (Phi) is 7.34. The SMILES string of the molecule is C=C(C)C(=O)OC/C1=C\CC/C(CO)=C\[C@@H]2OC(=O)C(=C)[C@@H]2[C@H](OC(C)=O)C1. The van der Waals surface area contributed by atoms with Crippen LogP contribution in [0, 0.1) is 5.92 Å². The second-order valence-electron chi connectivity index (χ2n) is 7.01. The van der Waals surface area contributed by atoms with Gasteiger partial charge in [-0.3, -0.25) is 4.79 Å². The number of carbonyl (C=O) groups is 3. The van der Waals surface area contributed by atoms with Crippen molar-refractivity contribution in [2.24, 2.45) is 5.92 Å². The molecule has 0 spiro atoms. The Morgan fingerprint density at radius 3 is 2.64 bits per heavy atom. The van der Waals surface area contributed by atoms with Gasteiger partial charge in [-0.2, -0.15) is 0 Å². The maximum absolute atomic E-state index is 12.1. The first kappa shape index (κ1) is 21.6. The average Bonchev–Trinajstić information content (AvgIpc) is 2.90. The van der Waals surface area contributed by atoms with Crippen molar-refractivity contribution in [2.45, 2.75) is 45.3 Å². The molecule has 1 heterocycles. The molecule has 2 rings (SSSR count). The minimum Gasteiger partial charge on any atom is -0.461 e. The Bertz CT molecular complexity index is 744. The van der Waals surface area contributed by atoms with E-state index in [0.717, 1.165) is 5.57 Å². The first-order chi connectivity index (χ1) is 13.2. The van der Waals surface area contributed by atoms with E-state index in [4.69, 9.17) is 14.2 Å². The zero-order chi connectivity index (χ0) is 20.8. The number of fused-ring (bicyclic) bond motifs is 1. The number of allylic oxidation sites excluding steroid dienone is 1. The van der Waals surface area contributed by atoms with Crippen molar-refractivity contribution in [3.05, 3.63) is 47.6 Å². The first-order valence-corrected chi connectivity index (χ1v) is 9.10. The molecule has 1 aliphatic carbocycles. The molecule has 2 aliphatic rings. The molecule has 0 unspecified atom stereocenters. The lowest BCUT2D eigenvalue weighted by Crippen LogP contribution is -2.33.